The highest BCUT2D eigenvalue weighted by Gasteiger charge is 2.39. The normalized spacial score (nSPS) is 15.6. The third-order valence-electron chi connectivity index (χ3n) is 4.29. The monoisotopic (exact) mass is 475 g/mol. The van der Waals surface area contributed by atoms with Gasteiger partial charge in [-0.2, -0.15) is 13.2 Å². The number of hydrogen-bond acceptors (Lipinski definition) is 6. The molecule has 1 heterocycles. The van der Waals surface area contributed by atoms with Crippen LogP contribution in [0.5, 0.6) is 11.5 Å². The van der Waals surface area contributed by atoms with E-state index in [4.69, 9.17) is 14.2 Å². The first kappa shape index (κ1) is 24.0. The van der Waals surface area contributed by atoms with Gasteiger partial charge in [0.1, 0.15) is 5.82 Å². The molecule has 2 aromatic carbocycles. The van der Waals surface area contributed by atoms with E-state index in [1.807, 2.05) is 0 Å². The van der Waals surface area contributed by atoms with E-state index in [0.717, 1.165) is 18.3 Å². The van der Waals surface area contributed by atoms with Crippen LogP contribution in [-0.4, -0.2) is 17.7 Å². The van der Waals surface area contributed by atoms with E-state index in [9.17, 15) is 35.9 Å². The first-order valence-electron chi connectivity index (χ1n) is 9.15. The Labute approximate surface area is 182 Å². The molecule has 1 aliphatic rings. The minimum atomic E-state index is -5.00. The number of anilines is 1. The number of ether oxygens (including phenoxy) is 3. The van der Waals surface area contributed by atoms with E-state index >= 15 is 0 Å². The second kappa shape index (κ2) is 8.34. The third kappa shape index (κ3) is 5.21. The molecule has 176 valence electrons. The first-order valence-corrected chi connectivity index (χ1v) is 9.15. The molecule has 0 aliphatic carbocycles. The lowest BCUT2D eigenvalue weighted by Crippen LogP contribution is -2.42. The van der Waals surface area contributed by atoms with Gasteiger partial charge in [-0.1, -0.05) is 0 Å². The van der Waals surface area contributed by atoms with Gasteiger partial charge in [-0.3, -0.25) is 0 Å². The second-order valence-electron chi connectivity index (χ2n) is 7.35. The van der Waals surface area contributed by atoms with Crippen LogP contribution in [0.2, 0.25) is 0 Å². The van der Waals surface area contributed by atoms with Crippen LogP contribution in [0.25, 0.3) is 0 Å². The van der Waals surface area contributed by atoms with Gasteiger partial charge in [0.25, 0.3) is 5.79 Å². The van der Waals surface area contributed by atoms with E-state index in [2.05, 4.69) is 5.32 Å². The van der Waals surface area contributed by atoms with Gasteiger partial charge in [0, 0.05) is 26.1 Å². The number of halogens is 6. The molecule has 1 fully saturated rings. The summed E-state index contributed by atoms with van der Waals surface area (Å²) in [5.41, 5.74) is -2.52. The molecule has 0 aromatic heterocycles. The van der Waals surface area contributed by atoms with Crippen molar-refractivity contribution in [2.24, 2.45) is 0 Å². The van der Waals surface area contributed by atoms with Crippen molar-refractivity contribution < 1.29 is 50.1 Å². The van der Waals surface area contributed by atoms with Crippen LogP contribution in [0, 0.1) is 24.4 Å². The maximum absolute atomic E-state index is 14.2. The van der Waals surface area contributed by atoms with Gasteiger partial charge < -0.3 is 19.5 Å². The molecule has 0 unspecified atom stereocenters. The van der Waals surface area contributed by atoms with E-state index < -0.39 is 64.0 Å². The lowest BCUT2D eigenvalue weighted by atomic mass is 10.1. The topological polar surface area (TPSA) is 73.9 Å². The fraction of sp³-hybridized carbons (Fsp3) is 0.238. The first-order chi connectivity index (χ1) is 15.2. The summed E-state index contributed by atoms with van der Waals surface area (Å²) in [5.74, 6) is -9.33. The van der Waals surface area contributed by atoms with Crippen molar-refractivity contribution in [3.05, 3.63) is 64.6 Å². The van der Waals surface area contributed by atoms with Crippen LogP contribution in [0.15, 0.2) is 36.0 Å². The Morgan fingerprint density at radius 2 is 1.48 bits per heavy atom. The molecule has 0 bridgehead atoms. The van der Waals surface area contributed by atoms with Crippen molar-refractivity contribution in [1.29, 1.82) is 0 Å². The molecule has 3 rings (SSSR count). The molecular weight excluding hydrogens is 460 g/mol. The molecule has 2 aromatic rings. The number of benzene rings is 2. The maximum atomic E-state index is 14.2. The highest BCUT2D eigenvalue weighted by molar-refractivity contribution is 6.15. The number of carbonyl (C=O) groups excluding carboxylic acids is 2. The molecule has 0 spiro atoms. The lowest BCUT2D eigenvalue weighted by Gasteiger charge is -2.29. The van der Waals surface area contributed by atoms with Crippen molar-refractivity contribution in [2.45, 2.75) is 32.7 Å². The fourth-order valence-electron chi connectivity index (χ4n) is 2.71. The number of aryl methyl sites for hydroxylation is 1. The smallest absolute Gasteiger partial charge is 0.416 e. The number of carbonyl (C=O) groups is 2. The zero-order valence-electron chi connectivity index (χ0n) is 17.2. The van der Waals surface area contributed by atoms with Crippen molar-refractivity contribution >= 4 is 17.6 Å². The van der Waals surface area contributed by atoms with Crippen molar-refractivity contribution in [1.82, 2.24) is 0 Å². The van der Waals surface area contributed by atoms with Crippen LogP contribution in [0.4, 0.5) is 32.0 Å². The summed E-state index contributed by atoms with van der Waals surface area (Å²) in [7, 11) is 0. The standard InChI is InChI=1S/C21H15F6NO5/c1-9-4-16(31-17-13(23)5-10(6-14(17)24)21(25,26)27)15(7-12(9)22)28-8-11-18(29)32-20(2,3)33-19(11)30/h4-8,28H,1-3H3. The molecule has 0 radical (unpaired) electrons. The zero-order valence-corrected chi connectivity index (χ0v) is 17.2. The van der Waals surface area contributed by atoms with E-state index in [1.54, 1.807) is 0 Å². The van der Waals surface area contributed by atoms with Gasteiger partial charge >= 0.3 is 18.1 Å². The Bertz CT molecular complexity index is 1130. The molecule has 1 N–H and O–H groups in total. The minimum Gasteiger partial charge on any atom is -0.449 e. The SMILES string of the molecule is Cc1cc(Oc2c(F)cc(C(F)(F)F)cc2F)c(NC=C2C(=O)OC(C)(C)OC2=O)cc1F. The van der Waals surface area contributed by atoms with Gasteiger partial charge in [0.05, 0.1) is 11.3 Å². The molecular formula is C21H15F6NO5. The van der Waals surface area contributed by atoms with Crippen LogP contribution >= 0.6 is 0 Å². The summed E-state index contributed by atoms with van der Waals surface area (Å²) in [6.45, 7) is 3.94. The highest BCUT2D eigenvalue weighted by Crippen LogP contribution is 2.38. The molecule has 0 amide bonds. The Balaban J connectivity index is 1.97. The quantitative estimate of drug-likeness (QED) is 0.278. The number of alkyl halides is 3. The summed E-state index contributed by atoms with van der Waals surface area (Å²) < 4.78 is 95.6. The Kier molecular flexibility index (Phi) is 6.05. The van der Waals surface area contributed by atoms with Gasteiger partial charge in [-0.25, -0.2) is 22.8 Å². The zero-order chi connectivity index (χ0) is 24.7. The molecule has 0 atom stereocenters. The second-order valence-corrected chi connectivity index (χ2v) is 7.35. The number of esters is 2. The number of cyclic esters (lactones) is 2. The number of hydrogen-bond donors (Lipinski definition) is 1. The predicted molar refractivity (Wildman–Crippen MR) is 101 cm³/mol. The minimum absolute atomic E-state index is 0.0332. The number of rotatable bonds is 4. The van der Waals surface area contributed by atoms with Crippen LogP contribution in [-0.2, 0) is 25.2 Å². The molecule has 12 heteroatoms. The van der Waals surface area contributed by atoms with Crippen molar-refractivity contribution in [3.63, 3.8) is 0 Å². The van der Waals surface area contributed by atoms with Crippen molar-refractivity contribution in [2.75, 3.05) is 5.32 Å². The Morgan fingerprint density at radius 1 is 0.939 bits per heavy atom. The Morgan fingerprint density at radius 3 is 2.00 bits per heavy atom. The van der Waals surface area contributed by atoms with E-state index in [1.165, 1.54) is 20.8 Å². The molecule has 1 aliphatic heterocycles. The number of nitrogens with one attached hydrogen (secondary N) is 1. The summed E-state index contributed by atoms with van der Waals surface area (Å²) in [6, 6.07) is 1.91. The Hall–Kier alpha value is -3.70. The van der Waals surface area contributed by atoms with E-state index in [0.29, 0.717) is 0 Å². The fourth-order valence-corrected chi connectivity index (χ4v) is 2.71. The highest BCUT2D eigenvalue weighted by atomic mass is 19.4. The summed E-state index contributed by atoms with van der Waals surface area (Å²) in [5, 5.41) is 2.38. The molecule has 33 heavy (non-hydrogen) atoms. The van der Waals surface area contributed by atoms with Crippen LogP contribution in [0.3, 0.4) is 0 Å². The third-order valence-corrected chi connectivity index (χ3v) is 4.29. The molecule has 1 saturated heterocycles. The average Bonchev–Trinajstić information content (AvgIpc) is 2.65. The summed E-state index contributed by atoms with van der Waals surface area (Å²) >= 11 is 0. The van der Waals surface area contributed by atoms with Gasteiger partial charge in [0.15, 0.2) is 28.7 Å². The summed E-state index contributed by atoms with van der Waals surface area (Å²) in [6.07, 6.45) is -4.19. The predicted octanol–water partition coefficient (Wildman–Crippen LogP) is 5.36. The maximum Gasteiger partial charge on any atom is 0.416 e. The molecule has 0 saturated carbocycles. The molecule has 6 nitrogen and oxygen atoms in total. The van der Waals surface area contributed by atoms with Crippen molar-refractivity contribution in [3.8, 4) is 11.5 Å². The average molecular weight is 475 g/mol. The summed E-state index contributed by atoms with van der Waals surface area (Å²) in [4.78, 5) is 24.0. The van der Waals surface area contributed by atoms with Gasteiger partial charge in [-0.05, 0) is 30.7 Å². The largest absolute Gasteiger partial charge is 0.449 e. The van der Waals surface area contributed by atoms with Gasteiger partial charge in [0.2, 0.25) is 0 Å². The van der Waals surface area contributed by atoms with Gasteiger partial charge in [-0.15, -0.1) is 0 Å². The van der Waals surface area contributed by atoms with Crippen LogP contribution in [0.1, 0.15) is 25.0 Å². The van der Waals surface area contributed by atoms with E-state index in [-0.39, 0.29) is 23.4 Å². The lowest BCUT2D eigenvalue weighted by molar-refractivity contribution is -0.222. The van der Waals surface area contributed by atoms with Crippen LogP contribution < -0.4 is 10.1 Å².